The number of unbranched alkanes of at least 4 members (excludes halogenated alkanes) is 1. The maximum Gasteiger partial charge on any atom is 0.0612 e. The summed E-state index contributed by atoms with van der Waals surface area (Å²) in [6.07, 6.45) is 9.89. The maximum absolute atomic E-state index is 5.72. The van der Waals surface area contributed by atoms with Crippen molar-refractivity contribution in [2.45, 2.75) is 51.7 Å². The summed E-state index contributed by atoms with van der Waals surface area (Å²) < 4.78 is 5.72. The van der Waals surface area contributed by atoms with E-state index in [0.717, 1.165) is 38.8 Å². The molecular formula is C13H23NO. The second kappa shape index (κ2) is 6.87. The Bertz CT molecular complexity index is 207. The van der Waals surface area contributed by atoms with E-state index in [1.165, 1.54) is 0 Å². The molecule has 86 valence electrons. The second-order valence-corrected chi connectivity index (χ2v) is 4.64. The molecule has 0 saturated carbocycles. The average molecular weight is 209 g/mol. The summed E-state index contributed by atoms with van der Waals surface area (Å²) in [5.41, 5.74) is 0. The van der Waals surface area contributed by atoms with Crippen LogP contribution in [0.25, 0.3) is 0 Å². The van der Waals surface area contributed by atoms with Crippen LogP contribution in [-0.2, 0) is 4.74 Å². The summed E-state index contributed by atoms with van der Waals surface area (Å²) in [5, 5.41) is 3.57. The van der Waals surface area contributed by atoms with Crippen molar-refractivity contribution in [2.75, 3.05) is 13.2 Å². The zero-order valence-corrected chi connectivity index (χ0v) is 9.96. The third-order valence-electron chi connectivity index (χ3n) is 2.99. The highest BCUT2D eigenvalue weighted by Crippen LogP contribution is 2.20. The molecule has 2 heteroatoms. The fourth-order valence-corrected chi connectivity index (χ4v) is 1.97. The van der Waals surface area contributed by atoms with E-state index in [0.29, 0.717) is 18.1 Å². The van der Waals surface area contributed by atoms with Gasteiger partial charge in [0.05, 0.1) is 6.10 Å². The van der Waals surface area contributed by atoms with Gasteiger partial charge in [0.15, 0.2) is 0 Å². The van der Waals surface area contributed by atoms with Crippen LogP contribution in [0.4, 0.5) is 0 Å². The van der Waals surface area contributed by atoms with Gasteiger partial charge in [-0.1, -0.05) is 13.8 Å². The standard InChI is InChI=1S/C13H23NO/c1-4-5-6-8-14-12-7-9-15-13(10-12)11(2)3/h1,11-14H,5-10H2,2-3H3. The zero-order valence-electron chi connectivity index (χ0n) is 9.96. The Balaban J connectivity index is 2.16. The van der Waals surface area contributed by atoms with Crippen molar-refractivity contribution >= 4 is 0 Å². The van der Waals surface area contributed by atoms with Crippen LogP contribution in [0, 0.1) is 18.3 Å². The Morgan fingerprint density at radius 1 is 1.53 bits per heavy atom. The molecule has 1 rings (SSSR count). The van der Waals surface area contributed by atoms with Crippen molar-refractivity contribution in [1.82, 2.24) is 5.32 Å². The van der Waals surface area contributed by atoms with Gasteiger partial charge in [0.1, 0.15) is 0 Å². The van der Waals surface area contributed by atoms with Crippen molar-refractivity contribution in [3.8, 4) is 12.3 Å². The Kier molecular flexibility index (Phi) is 5.75. The van der Waals surface area contributed by atoms with E-state index in [-0.39, 0.29) is 0 Å². The molecule has 0 radical (unpaired) electrons. The average Bonchev–Trinajstić information content (AvgIpc) is 2.25. The van der Waals surface area contributed by atoms with Crippen LogP contribution in [0.3, 0.4) is 0 Å². The molecule has 1 N–H and O–H groups in total. The summed E-state index contributed by atoms with van der Waals surface area (Å²) in [6, 6.07) is 0.629. The quantitative estimate of drug-likeness (QED) is 0.553. The number of terminal acetylenes is 1. The Morgan fingerprint density at radius 2 is 2.33 bits per heavy atom. The molecule has 2 unspecified atom stereocenters. The molecule has 0 aromatic heterocycles. The van der Waals surface area contributed by atoms with Crippen LogP contribution < -0.4 is 5.32 Å². The molecule has 0 aromatic carbocycles. The molecule has 1 aliphatic rings. The molecule has 1 heterocycles. The predicted octanol–water partition coefficient (Wildman–Crippen LogP) is 2.19. The summed E-state index contributed by atoms with van der Waals surface area (Å²) in [6.45, 7) is 6.39. The highest BCUT2D eigenvalue weighted by Gasteiger charge is 2.24. The smallest absolute Gasteiger partial charge is 0.0612 e. The highest BCUT2D eigenvalue weighted by molar-refractivity contribution is 4.84. The molecule has 0 spiro atoms. The fraction of sp³-hybridized carbons (Fsp3) is 0.846. The van der Waals surface area contributed by atoms with Crippen LogP contribution in [0.1, 0.15) is 39.5 Å². The van der Waals surface area contributed by atoms with Crippen LogP contribution in [0.2, 0.25) is 0 Å². The van der Waals surface area contributed by atoms with Gasteiger partial charge in [0.25, 0.3) is 0 Å². The fourth-order valence-electron chi connectivity index (χ4n) is 1.97. The molecule has 2 atom stereocenters. The lowest BCUT2D eigenvalue weighted by molar-refractivity contribution is -0.0242. The third kappa shape index (κ3) is 4.68. The lowest BCUT2D eigenvalue weighted by Crippen LogP contribution is -2.41. The van der Waals surface area contributed by atoms with Crippen LogP contribution in [-0.4, -0.2) is 25.3 Å². The first-order valence-corrected chi connectivity index (χ1v) is 6.02. The Hall–Kier alpha value is -0.520. The molecular weight excluding hydrogens is 186 g/mol. The van der Waals surface area contributed by atoms with Crippen LogP contribution >= 0.6 is 0 Å². The van der Waals surface area contributed by atoms with Gasteiger partial charge in [-0.05, 0) is 31.7 Å². The van der Waals surface area contributed by atoms with Crippen molar-refractivity contribution in [3.63, 3.8) is 0 Å². The molecule has 1 saturated heterocycles. The SMILES string of the molecule is C#CCCCNC1CCOC(C(C)C)C1. The topological polar surface area (TPSA) is 21.3 Å². The second-order valence-electron chi connectivity index (χ2n) is 4.64. The van der Waals surface area contributed by atoms with Crippen molar-refractivity contribution in [1.29, 1.82) is 0 Å². The summed E-state index contributed by atoms with van der Waals surface area (Å²) in [7, 11) is 0. The molecule has 1 fully saturated rings. The van der Waals surface area contributed by atoms with Crippen molar-refractivity contribution < 1.29 is 4.74 Å². The van der Waals surface area contributed by atoms with Crippen molar-refractivity contribution in [2.24, 2.45) is 5.92 Å². The van der Waals surface area contributed by atoms with E-state index in [2.05, 4.69) is 25.1 Å². The molecule has 2 nitrogen and oxygen atoms in total. The van der Waals surface area contributed by atoms with Gasteiger partial charge in [-0.3, -0.25) is 0 Å². The monoisotopic (exact) mass is 209 g/mol. The van der Waals surface area contributed by atoms with E-state index in [9.17, 15) is 0 Å². The first-order valence-electron chi connectivity index (χ1n) is 6.02. The summed E-state index contributed by atoms with van der Waals surface area (Å²) >= 11 is 0. The number of hydrogen-bond donors (Lipinski definition) is 1. The van der Waals surface area contributed by atoms with Crippen molar-refractivity contribution in [3.05, 3.63) is 0 Å². The number of hydrogen-bond acceptors (Lipinski definition) is 2. The minimum Gasteiger partial charge on any atom is -0.378 e. The highest BCUT2D eigenvalue weighted by atomic mass is 16.5. The van der Waals surface area contributed by atoms with Crippen LogP contribution in [0.5, 0.6) is 0 Å². The molecule has 0 aromatic rings. The van der Waals surface area contributed by atoms with Gasteiger partial charge in [0.2, 0.25) is 0 Å². The third-order valence-corrected chi connectivity index (χ3v) is 2.99. The molecule has 15 heavy (non-hydrogen) atoms. The minimum absolute atomic E-state index is 0.434. The lowest BCUT2D eigenvalue weighted by Gasteiger charge is -2.32. The molecule has 0 amide bonds. The molecule has 1 aliphatic heterocycles. The normalized spacial score (nSPS) is 26.5. The van der Waals surface area contributed by atoms with Gasteiger partial charge in [-0.15, -0.1) is 12.3 Å². The van der Waals surface area contributed by atoms with E-state index < -0.39 is 0 Å². The van der Waals surface area contributed by atoms with Gasteiger partial charge >= 0.3 is 0 Å². The number of ether oxygens (including phenoxy) is 1. The molecule has 0 aliphatic carbocycles. The van der Waals surface area contributed by atoms with Gasteiger partial charge in [0, 0.05) is 19.1 Å². The zero-order chi connectivity index (χ0) is 11.1. The van der Waals surface area contributed by atoms with E-state index in [1.54, 1.807) is 0 Å². The van der Waals surface area contributed by atoms with Gasteiger partial charge in [-0.25, -0.2) is 0 Å². The Labute approximate surface area is 93.8 Å². The largest absolute Gasteiger partial charge is 0.378 e. The van der Waals surface area contributed by atoms with Gasteiger partial charge < -0.3 is 10.1 Å². The van der Waals surface area contributed by atoms with Crippen LogP contribution in [0.15, 0.2) is 0 Å². The maximum atomic E-state index is 5.72. The van der Waals surface area contributed by atoms with Gasteiger partial charge in [-0.2, -0.15) is 0 Å². The first-order chi connectivity index (χ1) is 7.24. The number of rotatable bonds is 5. The lowest BCUT2D eigenvalue weighted by atomic mass is 9.95. The summed E-state index contributed by atoms with van der Waals surface area (Å²) in [4.78, 5) is 0. The van der Waals surface area contributed by atoms with E-state index in [4.69, 9.17) is 11.2 Å². The number of nitrogens with one attached hydrogen (secondary N) is 1. The van der Waals surface area contributed by atoms with E-state index >= 15 is 0 Å². The molecule has 0 bridgehead atoms. The predicted molar refractivity (Wildman–Crippen MR) is 63.7 cm³/mol. The van der Waals surface area contributed by atoms with E-state index in [1.807, 2.05) is 0 Å². The Morgan fingerprint density at radius 3 is 3.00 bits per heavy atom. The first kappa shape index (κ1) is 12.5. The minimum atomic E-state index is 0.434. The summed E-state index contributed by atoms with van der Waals surface area (Å²) in [5.74, 6) is 3.29.